The first-order valence-corrected chi connectivity index (χ1v) is 8.32. The lowest BCUT2D eigenvalue weighted by atomic mass is 9.99. The molecular formula is C18H19FN4O2. The zero-order valence-electron chi connectivity index (χ0n) is 14.1. The summed E-state index contributed by atoms with van der Waals surface area (Å²) in [5.74, 6) is 0.401. The molecule has 0 radical (unpaired) electrons. The number of nitrogens with zero attached hydrogens (tertiary/aromatic N) is 3. The zero-order valence-corrected chi connectivity index (χ0v) is 14.1. The third kappa shape index (κ3) is 2.69. The van der Waals surface area contributed by atoms with Gasteiger partial charge in [-0.2, -0.15) is 0 Å². The highest BCUT2D eigenvalue weighted by molar-refractivity contribution is 5.90. The van der Waals surface area contributed by atoms with Gasteiger partial charge in [0.25, 0.3) is 0 Å². The highest BCUT2D eigenvalue weighted by Gasteiger charge is 2.43. The van der Waals surface area contributed by atoms with Crippen molar-refractivity contribution in [1.82, 2.24) is 14.9 Å². The molecule has 0 saturated carbocycles. The average molecular weight is 342 g/mol. The van der Waals surface area contributed by atoms with Crippen LogP contribution in [0.2, 0.25) is 0 Å². The Labute approximate surface area is 145 Å². The first-order chi connectivity index (χ1) is 12.1. The number of amides is 2. The fourth-order valence-corrected chi connectivity index (χ4v) is 3.82. The normalized spacial score (nSPS) is 21.0. The Hall–Kier alpha value is -2.70. The number of anilines is 1. The lowest BCUT2D eigenvalue weighted by Gasteiger charge is -2.35. The highest BCUT2D eigenvalue weighted by Crippen LogP contribution is 2.43. The van der Waals surface area contributed by atoms with Crippen LogP contribution in [0.1, 0.15) is 36.0 Å². The lowest BCUT2D eigenvalue weighted by Crippen LogP contribution is -2.44. The smallest absolute Gasteiger partial charge is 0.322 e. The Balaban J connectivity index is 1.57. The van der Waals surface area contributed by atoms with Crippen LogP contribution >= 0.6 is 0 Å². The number of hydrogen-bond donors (Lipinski definition) is 1. The molecule has 7 heteroatoms. The molecule has 2 aliphatic rings. The van der Waals surface area contributed by atoms with Crippen LogP contribution in [0.25, 0.3) is 0 Å². The molecule has 0 spiro atoms. The van der Waals surface area contributed by atoms with Crippen molar-refractivity contribution in [3.05, 3.63) is 47.3 Å². The van der Waals surface area contributed by atoms with Crippen molar-refractivity contribution in [3.8, 4) is 5.75 Å². The van der Waals surface area contributed by atoms with E-state index in [9.17, 15) is 9.18 Å². The number of nitrogens with one attached hydrogen (secondary N) is 1. The summed E-state index contributed by atoms with van der Waals surface area (Å²) in [4.78, 5) is 23.5. The van der Waals surface area contributed by atoms with Crippen LogP contribution in [0.15, 0.2) is 24.4 Å². The fourth-order valence-electron chi connectivity index (χ4n) is 3.82. The van der Waals surface area contributed by atoms with E-state index >= 15 is 0 Å². The second-order valence-corrected chi connectivity index (χ2v) is 6.46. The molecule has 1 fully saturated rings. The van der Waals surface area contributed by atoms with Crippen molar-refractivity contribution in [1.29, 1.82) is 0 Å². The minimum atomic E-state index is -0.504. The van der Waals surface area contributed by atoms with E-state index in [2.05, 4.69) is 15.3 Å². The maximum atomic E-state index is 13.8. The molecule has 1 saturated heterocycles. The molecule has 6 nitrogen and oxygen atoms in total. The summed E-state index contributed by atoms with van der Waals surface area (Å²) in [7, 11) is 1.41. The molecular weight excluding hydrogens is 323 g/mol. The van der Waals surface area contributed by atoms with Crippen LogP contribution in [0.5, 0.6) is 5.75 Å². The maximum Gasteiger partial charge on any atom is 0.322 e. The number of urea groups is 1. The van der Waals surface area contributed by atoms with Gasteiger partial charge in [0.05, 0.1) is 18.8 Å². The van der Waals surface area contributed by atoms with Gasteiger partial charge in [-0.05, 0) is 31.9 Å². The van der Waals surface area contributed by atoms with Crippen molar-refractivity contribution < 1.29 is 13.9 Å². The van der Waals surface area contributed by atoms with Crippen LogP contribution in [-0.2, 0) is 6.42 Å². The van der Waals surface area contributed by atoms with Gasteiger partial charge >= 0.3 is 6.03 Å². The molecule has 2 unspecified atom stereocenters. The van der Waals surface area contributed by atoms with Crippen LogP contribution < -0.4 is 10.1 Å². The lowest BCUT2D eigenvalue weighted by molar-refractivity contribution is 0.178. The van der Waals surface area contributed by atoms with E-state index in [-0.39, 0.29) is 23.9 Å². The first-order valence-electron chi connectivity index (χ1n) is 8.32. The van der Waals surface area contributed by atoms with Crippen LogP contribution in [0.3, 0.4) is 0 Å². The number of aromatic nitrogens is 2. The minimum Gasteiger partial charge on any atom is -0.494 e. The molecule has 2 aliphatic heterocycles. The van der Waals surface area contributed by atoms with E-state index in [0.29, 0.717) is 5.69 Å². The fraction of sp³-hybridized carbons (Fsp3) is 0.389. The summed E-state index contributed by atoms with van der Waals surface area (Å²) >= 11 is 0. The van der Waals surface area contributed by atoms with E-state index in [1.807, 2.05) is 18.0 Å². The van der Waals surface area contributed by atoms with Gasteiger partial charge in [0.1, 0.15) is 5.82 Å². The molecule has 2 amide bonds. The van der Waals surface area contributed by atoms with E-state index in [1.165, 1.54) is 19.2 Å². The Morgan fingerprint density at radius 3 is 3.00 bits per heavy atom. The number of rotatable bonds is 2. The van der Waals surface area contributed by atoms with Gasteiger partial charge in [-0.3, -0.25) is 0 Å². The summed E-state index contributed by atoms with van der Waals surface area (Å²) in [6, 6.07) is 4.28. The number of aryl methyl sites for hydroxylation is 1. The van der Waals surface area contributed by atoms with E-state index in [1.54, 1.807) is 6.07 Å². The monoisotopic (exact) mass is 342 g/mol. The molecule has 1 aromatic heterocycles. The summed E-state index contributed by atoms with van der Waals surface area (Å²) in [5.41, 5.74) is 2.48. The second kappa shape index (κ2) is 5.98. The van der Waals surface area contributed by atoms with Crippen LogP contribution in [-0.4, -0.2) is 34.1 Å². The van der Waals surface area contributed by atoms with Crippen molar-refractivity contribution in [2.24, 2.45) is 0 Å². The Bertz CT molecular complexity index is 842. The molecule has 2 aromatic rings. The quantitative estimate of drug-likeness (QED) is 0.910. The Kier molecular flexibility index (Phi) is 3.78. The van der Waals surface area contributed by atoms with Crippen molar-refractivity contribution >= 4 is 11.7 Å². The second-order valence-electron chi connectivity index (χ2n) is 6.46. The van der Waals surface area contributed by atoms with Crippen molar-refractivity contribution in [2.75, 3.05) is 12.4 Å². The van der Waals surface area contributed by atoms with Gasteiger partial charge in [0, 0.05) is 36.0 Å². The number of halogens is 1. The first kappa shape index (κ1) is 15.8. The summed E-state index contributed by atoms with van der Waals surface area (Å²) in [6.45, 7) is 1.87. The Morgan fingerprint density at radius 1 is 1.40 bits per heavy atom. The topological polar surface area (TPSA) is 67.3 Å². The SMILES string of the molecule is COc1ccc(NC(=O)N2C3CCC2c2cnc(C)nc2C3)cc1F. The van der Waals surface area contributed by atoms with Crippen molar-refractivity contribution in [2.45, 2.75) is 38.3 Å². The Morgan fingerprint density at radius 2 is 2.24 bits per heavy atom. The van der Waals surface area contributed by atoms with Gasteiger partial charge < -0.3 is 15.0 Å². The third-order valence-corrected chi connectivity index (χ3v) is 4.95. The van der Waals surface area contributed by atoms with E-state index in [0.717, 1.165) is 36.3 Å². The van der Waals surface area contributed by atoms with E-state index < -0.39 is 5.82 Å². The number of carbonyl (C=O) groups is 1. The van der Waals surface area contributed by atoms with Crippen LogP contribution in [0.4, 0.5) is 14.9 Å². The molecule has 25 heavy (non-hydrogen) atoms. The van der Waals surface area contributed by atoms with E-state index in [4.69, 9.17) is 4.74 Å². The van der Waals surface area contributed by atoms with Gasteiger partial charge in [-0.25, -0.2) is 19.2 Å². The van der Waals surface area contributed by atoms with Crippen LogP contribution in [0, 0.1) is 12.7 Å². The van der Waals surface area contributed by atoms with Gasteiger partial charge in [0.15, 0.2) is 11.6 Å². The standard InChI is InChI=1S/C18H19FN4O2/c1-10-20-9-13-15(21-10)8-12-4-5-16(13)23(12)18(24)22-11-3-6-17(25-2)14(19)7-11/h3,6-7,9,12,16H,4-5,8H2,1-2H3,(H,22,24). The largest absolute Gasteiger partial charge is 0.494 e. The third-order valence-electron chi connectivity index (χ3n) is 4.95. The molecule has 2 atom stereocenters. The molecule has 1 aromatic carbocycles. The van der Waals surface area contributed by atoms with Gasteiger partial charge in [-0.15, -0.1) is 0 Å². The average Bonchev–Trinajstić information content (AvgIpc) is 2.90. The van der Waals surface area contributed by atoms with Crippen molar-refractivity contribution in [3.63, 3.8) is 0 Å². The number of ether oxygens (including phenoxy) is 1. The molecule has 130 valence electrons. The molecule has 0 aliphatic carbocycles. The number of hydrogen-bond acceptors (Lipinski definition) is 4. The number of benzene rings is 1. The minimum absolute atomic E-state index is 0.0163. The highest BCUT2D eigenvalue weighted by atomic mass is 19.1. The van der Waals surface area contributed by atoms with Gasteiger partial charge in [0.2, 0.25) is 0 Å². The van der Waals surface area contributed by atoms with Gasteiger partial charge in [-0.1, -0.05) is 0 Å². The predicted molar refractivity (Wildman–Crippen MR) is 90.0 cm³/mol. The molecule has 4 rings (SSSR count). The summed E-state index contributed by atoms with van der Waals surface area (Å²) in [5, 5.41) is 2.80. The molecule has 2 bridgehead atoms. The summed E-state index contributed by atoms with van der Waals surface area (Å²) < 4.78 is 18.7. The number of fused-ring (bicyclic) bond motifs is 4. The number of carbonyl (C=O) groups excluding carboxylic acids is 1. The maximum absolute atomic E-state index is 13.8. The number of methoxy groups -OCH3 is 1. The predicted octanol–water partition coefficient (Wildman–Crippen LogP) is 3.23. The summed E-state index contributed by atoms with van der Waals surface area (Å²) in [6.07, 6.45) is 4.40. The molecule has 3 heterocycles. The zero-order chi connectivity index (χ0) is 17.6. The molecule has 1 N–H and O–H groups in total.